The van der Waals surface area contributed by atoms with Gasteiger partial charge in [-0.2, -0.15) is 0 Å². The van der Waals surface area contributed by atoms with Crippen molar-refractivity contribution in [1.82, 2.24) is 15.1 Å². The van der Waals surface area contributed by atoms with Gasteiger partial charge in [-0.05, 0) is 50.8 Å². The van der Waals surface area contributed by atoms with E-state index in [0.29, 0.717) is 13.1 Å². The number of carbonyl (C=O) groups excluding carboxylic acids is 1. The Hall–Kier alpha value is -1.14. The fourth-order valence-electron chi connectivity index (χ4n) is 1.71. The van der Waals surface area contributed by atoms with Gasteiger partial charge in [0.15, 0.2) is 0 Å². The summed E-state index contributed by atoms with van der Waals surface area (Å²) in [6.07, 6.45) is 0.917. The van der Waals surface area contributed by atoms with Crippen LogP contribution in [-0.2, 0) is 6.54 Å². The van der Waals surface area contributed by atoms with E-state index in [1.807, 2.05) is 14.1 Å². The summed E-state index contributed by atoms with van der Waals surface area (Å²) in [7, 11) is 5.76. The van der Waals surface area contributed by atoms with Crippen LogP contribution in [0, 0.1) is 5.82 Å². The smallest absolute Gasteiger partial charge is 0.317 e. The van der Waals surface area contributed by atoms with E-state index in [1.165, 1.54) is 12.1 Å². The quantitative estimate of drug-likeness (QED) is 0.860. The molecule has 112 valence electrons. The van der Waals surface area contributed by atoms with Gasteiger partial charge in [-0.1, -0.05) is 15.9 Å². The van der Waals surface area contributed by atoms with Crippen molar-refractivity contribution < 1.29 is 9.18 Å². The van der Waals surface area contributed by atoms with Crippen LogP contribution in [0.4, 0.5) is 9.18 Å². The average molecular weight is 346 g/mol. The number of amides is 2. The molecule has 0 bridgehead atoms. The topological polar surface area (TPSA) is 35.6 Å². The lowest BCUT2D eigenvalue weighted by atomic mass is 10.2. The lowest BCUT2D eigenvalue weighted by Gasteiger charge is -2.19. The average Bonchev–Trinajstić information content (AvgIpc) is 2.38. The predicted molar refractivity (Wildman–Crippen MR) is 82.1 cm³/mol. The van der Waals surface area contributed by atoms with Gasteiger partial charge in [0.05, 0.1) is 0 Å². The number of hydrogen-bond acceptors (Lipinski definition) is 2. The Kier molecular flexibility index (Phi) is 6.95. The van der Waals surface area contributed by atoms with Crippen molar-refractivity contribution in [2.24, 2.45) is 0 Å². The molecule has 0 atom stereocenters. The summed E-state index contributed by atoms with van der Waals surface area (Å²) in [5.74, 6) is -0.309. The molecule has 20 heavy (non-hydrogen) atoms. The van der Waals surface area contributed by atoms with Gasteiger partial charge in [-0.15, -0.1) is 0 Å². The molecule has 0 aliphatic carbocycles. The van der Waals surface area contributed by atoms with Crippen LogP contribution in [-0.4, -0.2) is 50.1 Å². The summed E-state index contributed by atoms with van der Waals surface area (Å²) in [5, 5.41) is 2.78. The molecule has 0 saturated heterocycles. The van der Waals surface area contributed by atoms with Crippen LogP contribution in [0.1, 0.15) is 12.0 Å². The van der Waals surface area contributed by atoms with E-state index in [9.17, 15) is 9.18 Å². The number of nitrogens with one attached hydrogen (secondary N) is 1. The largest absolute Gasteiger partial charge is 0.334 e. The van der Waals surface area contributed by atoms with Crippen molar-refractivity contribution in [3.63, 3.8) is 0 Å². The maximum absolute atomic E-state index is 13.1. The highest BCUT2D eigenvalue weighted by Crippen LogP contribution is 2.17. The van der Waals surface area contributed by atoms with Gasteiger partial charge in [0.2, 0.25) is 0 Å². The number of hydrogen-bond donors (Lipinski definition) is 1. The zero-order chi connectivity index (χ0) is 15.1. The molecule has 1 aromatic rings. The Bertz CT molecular complexity index is 454. The van der Waals surface area contributed by atoms with Gasteiger partial charge in [0.1, 0.15) is 5.82 Å². The van der Waals surface area contributed by atoms with Crippen molar-refractivity contribution in [3.8, 4) is 0 Å². The molecule has 0 aliphatic rings. The molecule has 0 aliphatic heterocycles. The van der Waals surface area contributed by atoms with E-state index in [0.717, 1.165) is 23.0 Å². The lowest BCUT2D eigenvalue weighted by Crippen LogP contribution is -2.38. The Labute approximate surface area is 128 Å². The summed E-state index contributed by atoms with van der Waals surface area (Å²) >= 11 is 3.34. The fraction of sp³-hybridized carbons (Fsp3) is 0.500. The number of urea groups is 1. The normalized spacial score (nSPS) is 10.7. The number of carbonyl (C=O) groups is 1. The summed E-state index contributed by atoms with van der Waals surface area (Å²) in [6, 6.07) is 4.27. The van der Waals surface area contributed by atoms with Gasteiger partial charge in [0.25, 0.3) is 0 Å². The summed E-state index contributed by atoms with van der Waals surface area (Å²) < 4.78 is 13.9. The highest BCUT2D eigenvalue weighted by atomic mass is 79.9. The maximum atomic E-state index is 13.1. The molecule has 0 fully saturated rings. The van der Waals surface area contributed by atoms with Crippen molar-refractivity contribution in [2.75, 3.05) is 34.2 Å². The van der Waals surface area contributed by atoms with Gasteiger partial charge in [-0.3, -0.25) is 0 Å². The zero-order valence-electron chi connectivity index (χ0n) is 12.1. The van der Waals surface area contributed by atoms with Crippen LogP contribution in [0.3, 0.4) is 0 Å². The Morgan fingerprint density at radius 1 is 1.30 bits per heavy atom. The van der Waals surface area contributed by atoms with Gasteiger partial charge < -0.3 is 15.1 Å². The second-order valence-corrected chi connectivity index (χ2v) is 5.83. The first-order valence-corrected chi connectivity index (χ1v) is 7.27. The molecule has 0 saturated carbocycles. The van der Waals surface area contributed by atoms with E-state index in [1.54, 1.807) is 18.0 Å². The molecule has 1 rings (SSSR count). The summed E-state index contributed by atoms with van der Waals surface area (Å²) in [6.45, 7) is 1.93. The molecule has 2 amide bonds. The fourth-order valence-corrected chi connectivity index (χ4v) is 2.10. The molecule has 0 radical (unpaired) electrons. The zero-order valence-corrected chi connectivity index (χ0v) is 13.7. The molecule has 4 nitrogen and oxygen atoms in total. The molecular formula is C14H21BrFN3O. The third-order valence-electron chi connectivity index (χ3n) is 2.88. The molecule has 6 heteroatoms. The van der Waals surface area contributed by atoms with Crippen molar-refractivity contribution in [2.45, 2.75) is 13.0 Å². The Balaban J connectivity index is 2.40. The first kappa shape index (κ1) is 16.9. The standard InChI is InChI=1S/C14H21BrFN3O/c1-18(2)7-4-8-19(3)14(20)17-10-11-9-12(16)5-6-13(11)15/h5-6,9H,4,7-8,10H2,1-3H3,(H,17,20). The van der Waals surface area contributed by atoms with Crippen LogP contribution in [0.25, 0.3) is 0 Å². The molecule has 0 spiro atoms. The number of rotatable bonds is 6. The summed E-state index contributed by atoms with van der Waals surface area (Å²) in [4.78, 5) is 15.6. The number of nitrogens with zero attached hydrogens (tertiary/aromatic N) is 2. The van der Waals surface area contributed by atoms with Crippen molar-refractivity contribution in [3.05, 3.63) is 34.1 Å². The monoisotopic (exact) mass is 345 g/mol. The number of halogens is 2. The van der Waals surface area contributed by atoms with Crippen LogP contribution in [0.15, 0.2) is 22.7 Å². The molecule has 1 aromatic carbocycles. The third-order valence-corrected chi connectivity index (χ3v) is 3.66. The van der Waals surface area contributed by atoms with E-state index in [2.05, 4.69) is 26.1 Å². The van der Waals surface area contributed by atoms with E-state index < -0.39 is 0 Å². The molecular weight excluding hydrogens is 325 g/mol. The van der Waals surface area contributed by atoms with Crippen molar-refractivity contribution >= 4 is 22.0 Å². The lowest BCUT2D eigenvalue weighted by molar-refractivity contribution is 0.206. The van der Waals surface area contributed by atoms with E-state index in [4.69, 9.17) is 0 Å². The van der Waals surface area contributed by atoms with Crippen LogP contribution in [0.2, 0.25) is 0 Å². The molecule has 0 heterocycles. The Morgan fingerprint density at radius 3 is 2.65 bits per heavy atom. The highest BCUT2D eigenvalue weighted by Gasteiger charge is 2.09. The van der Waals surface area contributed by atoms with Crippen LogP contribution in [0.5, 0.6) is 0 Å². The minimum atomic E-state index is -0.309. The van der Waals surface area contributed by atoms with E-state index in [-0.39, 0.29) is 11.8 Å². The first-order valence-electron chi connectivity index (χ1n) is 6.47. The predicted octanol–water partition coefficient (Wildman–Crippen LogP) is 2.68. The first-order chi connectivity index (χ1) is 9.40. The van der Waals surface area contributed by atoms with E-state index >= 15 is 0 Å². The van der Waals surface area contributed by atoms with Gasteiger partial charge >= 0.3 is 6.03 Å². The molecule has 0 unspecified atom stereocenters. The maximum Gasteiger partial charge on any atom is 0.317 e. The van der Waals surface area contributed by atoms with Gasteiger partial charge in [-0.25, -0.2) is 9.18 Å². The minimum absolute atomic E-state index is 0.153. The SMILES string of the molecule is CN(C)CCCN(C)C(=O)NCc1cc(F)ccc1Br. The van der Waals surface area contributed by atoms with Gasteiger partial charge in [0, 0.05) is 24.6 Å². The molecule has 0 aromatic heterocycles. The third kappa shape index (κ3) is 5.88. The second kappa shape index (κ2) is 8.21. The Morgan fingerprint density at radius 2 is 2.00 bits per heavy atom. The highest BCUT2D eigenvalue weighted by molar-refractivity contribution is 9.10. The van der Waals surface area contributed by atoms with Crippen LogP contribution >= 0.6 is 15.9 Å². The summed E-state index contributed by atoms with van der Waals surface area (Å²) in [5.41, 5.74) is 0.722. The molecule has 1 N–H and O–H groups in total. The van der Waals surface area contributed by atoms with Crippen molar-refractivity contribution in [1.29, 1.82) is 0 Å². The minimum Gasteiger partial charge on any atom is -0.334 e. The second-order valence-electron chi connectivity index (χ2n) is 4.97. The van der Waals surface area contributed by atoms with Crippen LogP contribution < -0.4 is 5.32 Å². The number of benzene rings is 1.